The van der Waals surface area contributed by atoms with Crippen LogP contribution >= 0.6 is 11.8 Å². The second-order valence-electron chi connectivity index (χ2n) is 10.9. The highest BCUT2D eigenvalue weighted by molar-refractivity contribution is 7.99. The largest absolute Gasteiger partial charge is 0.252 e. The molecule has 3 heteroatoms. The van der Waals surface area contributed by atoms with Gasteiger partial charge in [-0.05, 0) is 57.1 Å². The maximum absolute atomic E-state index is 5.11. The summed E-state index contributed by atoms with van der Waals surface area (Å²) in [6.45, 7) is 0. The molecule has 1 aromatic heterocycles. The summed E-state index contributed by atoms with van der Waals surface area (Å²) < 4.78 is 0. The van der Waals surface area contributed by atoms with E-state index < -0.39 is 0 Å². The first-order chi connectivity index (χ1) is 20.8. The van der Waals surface area contributed by atoms with Gasteiger partial charge in [-0.15, -0.1) is 0 Å². The van der Waals surface area contributed by atoms with Crippen LogP contribution in [-0.4, -0.2) is 9.97 Å². The highest BCUT2D eigenvalue weighted by atomic mass is 32.2. The molecule has 6 aromatic carbocycles. The summed E-state index contributed by atoms with van der Waals surface area (Å²) in [5.41, 5.74) is 13.7. The molecule has 1 aliphatic heterocycles. The van der Waals surface area contributed by atoms with E-state index in [1.165, 1.54) is 43.2 Å². The van der Waals surface area contributed by atoms with Gasteiger partial charge in [0, 0.05) is 20.9 Å². The number of aromatic nitrogens is 2. The van der Waals surface area contributed by atoms with E-state index in [-0.39, 0.29) is 5.41 Å². The molecule has 1 aliphatic carbocycles. The molecule has 0 amide bonds. The van der Waals surface area contributed by atoms with Gasteiger partial charge < -0.3 is 0 Å². The van der Waals surface area contributed by atoms with Crippen LogP contribution in [0.25, 0.3) is 44.5 Å². The van der Waals surface area contributed by atoms with Gasteiger partial charge in [0.25, 0.3) is 0 Å². The Morgan fingerprint density at radius 1 is 0.476 bits per heavy atom. The molecule has 0 N–H and O–H groups in total. The van der Waals surface area contributed by atoms with Crippen LogP contribution in [-0.2, 0) is 5.41 Å². The second-order valence-corrected chi connectivity index (χ2v) is 12.0. The van der Waals surface area contributed by atoms with Gasteiger partial charge >= 0.3 is 0 Å². The number of hydrogen-bond acceptors (Lipinski definition) is 3. The summed E-state index contributed by atoms with van der Waals surface area (Å²) in [6, 6.07) is 50.3. The molecule has 0 saturated carbocycles. The Morgan fingerprint density at radius 2 is 1.12 bits per heavy atom. The van der Waals surface area contributed by atoms with Crippen molar-refractivity contribution in [2.45, 2.75) is 15.2 Å². The Labute approximate surface area is 248 Å². The van der Waals surface area contributed by atoms with Crippen molar-refractivity contribution in [2.24, 2.45) is 0 Å². The molecular weight excluding hydrogens is 529 g/mol. The first kappa shape index (κ1) is 23.7. The van der Waals surface area contributed by atoms with E-state index in [1.54, 1.807) is 0 Å². The minimum atomic E-state index is -0.359. The van der Waals surface area contributed by atoms with Crippen molar-refractivity contribution >= 4 is 22.8 Å². The Balaban J connectivity index is 1.25. The number of rotatable bonds is 2. The molecule has 2 heterocycles. The molecule has 0 bridgehead atoms. The molecule has 0 unspecified atom stereocenters. The van der Waals surface area contributed by atoms with E-state index in [9.17, 15) is 0 Å². The van der Waals surface area contributed by atoms with Crippen molar-refractivity contribution in [3.05, 3.63) is 168 Å². The van der Waals surface area contributed by atoms with Crippen LogP contribution in [0.4, 0.5) is 0 Å². The van der Waals surface area contributed by atoms with E-state index in [2.05, 4.69) is 133 Å². The van der Waals surface area contributed by atoms with Crippen molar-refractivity contribution in [2.75, 3.05) is 0 Å². The predicted molar refractivity (Wildman–Crippen MR) is 172 cm³/mol. The molecule has 196 valence electrons. The lowest BCUT2D eigenvalue weighted by molar-refractivity contribution is 0.722. The number of para-hydroxylation sites is 1. The number of benzene rings is 6. The van der Waals surface area contributed by atoms with Gasteiger partial charge in [0.1, 0.15) is 0 Å². The van der Waals surface area contributed by atoms with Crippen molar-refractivity contribution in [3.8, 4) is 33.5 Å². The average Bonchev–Trinajstić information content (AvgIpc) is 3.35. The van der Waals surface area contributed by atoms with E-state index >= 15 is 0 Å². The first-order valence-electron chi connectivity index (χ1n) is 14.3. The van der Waals surface area contributed by atoms with Gasteiger partial charge in [0.05, 0.1) is 28.3 Å². The van der Waals surface area contributed by atoms with Gasteiger partial charge in [-0.25, -0.2) is 4.98 Å². The molecule has 0 radical (unpaired) electrons. The van der Waals surface area contributed by atoms with Crippen molar-refractivity contribution < 1.29 is 0 Å². The van der Waals surface area contributed by atoms with Crippen LogP contribution in [0.15, 0.2) is 156 Å². The smallest absolute Gasteiger partial charge is 0.0965 e. The summed E-state index contributed by atoms with van der Waals surface area (Å²) >= 11 is 1.86. The molecule has 42 heavy (non-hydrogen) atoms. The maximum atomic E-state index is 5.11. The second kappa shape index (κ2) is 9.01. The summed E-state index contributed by atoms with van der Waals surface area (Å²) in [4.78, 5) is 12.6. The fraction of sp³-hybridized carbons (Fsp3) is 0.0256. The lowest BCUT2D eigenvalue weighted by Crippen LogP contribution is -2.31. The third-order valence-electron chi connectivity index (χ3n) is 8.80. The van der Waals surface area contributed by atoms with Gasteiger partial charge in [-0.1, -0.05) is 133 Å². The molecule has 2 aliphatic rings. The number of fused-ring (bicyclic) bond motifs is 10. The highest BCUT2D eigenvalue weighted by Gasteiger charge is 2.49. The van der Waals surface area contributed by atoms with E-state index in [1.807, 2.05) is 24.0 Å². The summed E-state index contributed by atoms with van der Waals surface area (Å²) in [7, 11) is 0. The molecule has 1 spiro atoms. The molecule has 2 nitrogen and oxygen atoms in total. The zero-order chi connectivity index (χ0) is 27.7. The fourth-order valence-corrected chi connectivity index (χ4v) is 8.28. The minimum Gasteiger partial charge on any atom is -0.252 e. The summed E-state index contributed by atoms with van der Waals surface area (Å²) in [5, 5.41) is 0. The van der Waals surface area contributed by atoms with Crippen molar-refractivity contribution in [1.29, 1.82) is 0 Å². The Kier molecular flexibility index (Phi) is 5.08. The lowest BCUT2D eigenvalue weighted by atomic mass is 9.67. The van der Waals surface area contributed by atoms with E-state index in [4.69, 9.17) is 9.97 Å². The molecule has 0 fully saturated rings. The van der Waals surface area contributed by atoms with Crippen LogP contribution in [0.5, 0.6) is 0 Å². The lowest BCUT2D eigenvalue weighted by Gasteiger charge is -2.39. The van der Waals surface area contributed by atoms with E-state index in [0.717, 1.165) is 33.4 Å². The normalized spacial score (nSPS) is 13.8. The van der Waals surface area contributed by atoms with Gasteiger partial charge in [0.15, 0.2) is 0 Å². The van der Waals surface area contributed by atoms with Gasteiger partial charge in [-0.3, -0.25) is 4.98 Å². The zero-order valence-corrected chi connectivity index (χ0v) is 23.5. The topological polar surface area (TPSA) is 25.8 Å². The predicted octanol–water partition coefficient (Wildman–Crippen LogP) is 9.79. The van der Waals surface area contributed by atoms with Crippen LogP contribution in [0.1, 0.15) is 22.3 Å². The Bertz CT molecular complexity index is 2140. The molecule has 9 rings (SSSR count). The quantitative estimate of drug-likeness (QED) is 0.213. The molecule has 0 atom stereocenters. The SMILES string of the molecule is c1ccc(-c2cccc3nc(-c4ccc5c(c4)Sc4ccccc4C54c5ccccc5-c5ccccc54)cnc23)cc1. The monoisotopic (exact) mass is 552 g/mol. The standard InChI is InChI=1S/C39H24N2S/c1-2-11-25(12-3-1)27-15-10-19-34-38(27)40-24-35(41-34)26-21-22-33-37(23-26)42-36-20-9-8-18-32(36)39(33)30-16-6-4-13-28(30)29-14-5-7-17-31(29)39/h1-24H. The summed E-state index contributed by atoms with van der Waals surface area (Å²) in [5.74, 6) is 0. The zero-order valence-electron chi connectivity index (χ0n) is 22.7. The molecular formula is C39H24N2S. The van der Waals surface area contributed by atoms with Crippen molar-refractivity contribution in [1.82, 2.24) is 9.97 Å². The third kappa shape index (κ3) is 3.23. The average molecular weight is 553 g/mol. The van der Waals surface area contributed by atoms with Crippen LogP contribution in [0, 0.1) is 0 Å². The Hall–Kier alpha value is -4.99. The fourth-order valence-electron chi connectivity index (χ4n) is 7.05. The number of nitrogens with zero attached hydrogens (tertiary/aromatic N) is 2. The molecule has 0 saturated heterocycles. The third-order valence-corrected chi connectivity index (χ3v) is 9.93. The number of hydrogen-bond donors (Lipinski definition) is 0. The molecule has 7 aromatic rings. The first-order valence-corrected chi connectivity index (χ1v) is 15.1. The van der Waals surface area contributed by atoms with Gasteiger partial charge in [0.2, 0.25) is 0 Å². The van der Waals surface area contributed by atoms with E-state index in [0.29, 0.717) is 0 Å². The highest BCUT2D eigenvalue weighted by Crippen LogP contribution is 2.62. The van der Waals surface area contributed by atoms with Crippen LogP contribution in [0.2, 0.25) is 0 Å². The van der Waals surface area contributed by atoms with Crippen LogP contribution < -0.4 is 0 Å². The minimum absolute atomic E-state index is 0.359. The van der Waals surface area contributed by atoms with Gasteiger partial charge in [-0.2, -0.15) is 0 Å². The van der Waals surface area contributed by atoms with Crippen molar-refractivity contribution in [3.63, 3.8) is 0 Å². The maximum Gasteiger partial charge on any atom is 0.0965 e. The summed E-state index contributed by atoms with van der Waals surface area (Å²) in [6.07, 6.45) is 1.92. The van der Waals surface area contributed by atoms with Crippen LogP contribution in [0.3, 0.4) is 0 Å². The Morgan fingerprint density at radius 3 is 1.90 bits per heavy atom.